The van der Waals surface area contributed by atoms with Gasteiger partial charge < -0.3 is 4.74 Å². The number of nitriles is 1. The Kier molecular flexibility index (Phi) is 3.94. The molecule has 0 saturated carbocycles. The molecule has 1 aliphatic rings. The number of methoxy groups -OCH3 is 1. The third-order valence-corrected chi connectivity index (χ3v) is 5.35. The van der Waals surface area contributed by atoms with Gasteiger partial charge in [0.25, 0.3) is 0 Å². The largest absolute Gasteiger partial charge is 0.497 e. The summed E-state index contributed by atoms with van der Waals surface area (Å²) in [5.74, 6) is -0.508. The molecule has 0 bridgehead atoms. The molecular formula is C25H14N2O3. The van der Waals surface area contributed by atoms with E-state index in [1.807, 2.05) is 30.3 Å². The van der Waals surface area contributed by atoms with Crippen LogP contribution in [-0.4, -0.2) is 23.7 Å². The molecule has 3 aromatic carbocycles. The molecule has 1 heterocycles. The van der Waals surface area contributed by atoms with Crippen LogP contribution in [0.4, 0.5) is 0 Å². The summed E-state index contributed by atoms with van der Waals surface area (Å²) in [6.45, 7) is 0. The number of benzene rings is 3. The minimum absolute atomic E-state index is 0.282. The van der Waals surface area contributed by atoms with Crippen LogP contribution in [0, 0.1) is 11.3 Å². The van der Waals surface area contributed by atoms with Gasteiger partial charge in [0.15, 0.2) is 0 Å². The number of hydrogen-bond acceptors (Lipinski definition) is 5. The first kappa shape index (κ1) is 17.8. The zero-order valence-electron chi connectivity index (χ0n) is 16.0. The smallest absolute Gasteiger partial charge is 0.236 e. The van der Waals surface area contributed by atoms with Crippen LogP contribution >= 0.6 is 0 Å². The van der Waals surface area contributed by atoms with E-state index in [0.29, 0.717) is 44.6 Å². The molecule has 0 radical (unpaired) electrons. The fraction of sp³-hybridized carbons (Fsp3) is 0.0400. The van der Waals surface area contributed by atoms with E-state index in [0.717, 1.165) is 5.56 Å². The minimum Gasteiger partial charge on any atom is -0.497 e. The van der Waals surface area contributed by atoms with E-state index in [-0.39, 0.29) is 5.56 Å². The number of aromatic nitrogens is 1. The molecule has 4 aromatic rings. The monoisotopic (exact) mass is 390 g/mol. The lowest BCUT2D eigenvalue weighted by molar-refractivity contribution is 0.0815. The van der Waals surface area contributed by atoms with Crippen molar-refractivity contribution in [2.45, 2.75) is 0 Å². The summed E-state index contributed by atoms with van der Waals surface area (Å²) in [7, 11) is 1.57. The Morgan fingerprint density at radius 3 is 2.30 bits per heavy atom. The van der Waals surface area contributed by atoms with Crippen molar-refractivity contribution in [1.29, 1.82) is 5.26 Å². The zero-order valence-corrected chi connectivity index (χ0v) is 16.0. The Morgan fingerprint density at radius 1 is 0.867 bits per heavy atom. The predicted molar refractivity (Wildman–Crippen MR) is 113 cm³/mol. The molecule has 5 nitrogen and oxygen atoms in total. The SMILES string of the molecule is COc1ccc2nc3c(c(-c4ccc(C#N)cc4)c2c1)C(=O)C(=O)c1ccccc1-3. The van der Waals surface area contributed by atoms with Crippen LogP contribution in [0.15, 0.2) is 66.7 Å². The summed E-state index contributed by atoms with van der Waals surface area (Å²) in [5, 5.41) is 9.85. The molecule has 1 aromatic heterocycles. The molecule has 1 aliphatic carbocycles. The number of ketones is 2. The van der Waals surface area contributed by atoms with Gasteiger partial charge in [0.05, 0.1) is 35.5 Å². The van der Waals surface area contributed by atoms with Crippen LogP contribution < -0.4 is 4.74 Å². The van der Waals surface area contributed by atoms with E-state index in [4.69, 9.17) is 15.0 Å². The van der Waals surface area contributed by atoms with E-state index in [1.54, 1.807) is 43.5 Å². The third-order valence-electron chi connectivity index (χ3n) is 5.35. The maximum atomic E-state index is 13.2. The number of hydrogen-bond donors (Lipinski definition) is 0. The Hall–Kier alpha value is -4.30. The standard InChI is InChI=1S/C25H14N2O3/c1-30-16-10-11-20-19(12-16)21(15-8-6-14(13-26)7-9-15)22-23(27-20)17-4-2-3-5-18(17)24(28)25(22)29/h2-12H,1H3. The average molecular weight is 390 g/mol. The zero-order chi connectivity index (χ0) is 20.8. The topological polar surface area (TPSA) is 80.0 Å². The van der Waals surface area contributed by atoms with E-state index in [9.17, 15) is 9.59 Å². The maximum Gasteiger partial charge on any atom is 0.236 e. The molecular weight excluding hydrogens is 376 g/mol. The maximum absolute atomic E-state index is 13.2. The van der Waals surface area contributed by atoms with Gasteiger partial charge in [-0.25, -0.2) is 4.98 Å². The summed E-state index contributed by atoms with van der Waals surface area (Å²) in [5.41, 5.74) is 4.32. The summed E-state index contributed by atoms with van der Waals surface area (Å²) in [6.07, 6.45) is 0. The van der Waals surface area contributed by atoms with E-state index in [2.05, 4.69) is 6.07 Å². The first-order valence-corrected chi connectivity index (χ1v) is 9.33. The van der Waals surface area contributed by atoms with Crippen molar-refractivity contribution in [2.75, 3.05) is 7.11 Å². The highest BCUT2D eigenvalue weighted by molar-refractivity contribution is 6.54. The Bertz CT molecular complexity index is 1410. The second-order valence-electron chi connectivity index (χ2n) is 6.99. The molecule has 0 N–H and O–H groups in total. The molecule has 0 atom stereocenters. The summed E-state index contributed by atoms with van der Waals surface area (Å²) < 4.78 is 5.38. The van der Waals surface area contributed by atoms with Gasteiger partial charge >= 0.3 is 0 Å². The Morgan fingerprint density at radius 2 is 1.60 bits per heavy atom. The molecule has 5 rings (SSSR count). The van der Waals surface area contributed by atoms with E-state index < -0.39 is 11.6 Å². The van der Waals surface area contributed by atoms with Crippen molar-refractivity contribution in [1.82, 2.24) is 4.98 Å². The van der Waals surface area contributed by atoms with Crippen molar-refractivity contribution in [3.05, 3.63) is 83.4 Å². The predicted octanol–water partition coefficient (Wildman–Crippen LogP) is 4.83. The summed E-state index contributed by atoms with van der Waals surface area (Å²) >= 11 is 0. The van der Waals surface area contributed by atoms with Gasteiger partial charge in [-0.2, -0.15) is 5.26 Å². The van der Waals surface area contributed by atoms with Crippen LogP contribution in [0.25, 0.3) is 33.3 Å². The number of rotatable bonds is 2. The van der Waals surface area contributed by atoms with Crippen molar-refractivity contribution in [3.8, 4) is 34.2 Å². The lowest BCUT2D eigenvalue weighted by Gasteiger charge is -2.22. The van der Waals surface area contributed by atoms with Crippen molar-refractivity contribution < 1.29 is 14.3 Å². The molecule has 142 valence electrons. The normalized spacial score (nSPS) is 12.3. The number of carbonyl (C=O) groups excluding carboxylic acids is 2. The van der Waals surface area contributed by atoms with Crippen LogP contribution in [0.3, 0.4) is 0 Å². The van der Waals surface area contributed by atoms with Gasteiger partial charge in [-0.15, -0.1) is 0 Å². The number of pyridine rings is 1. The summed E-state index contributed by atoms with van der Waals surface area (Å²) in [6, 6.07) is 21.5. The fourth-order valence-electron chi connectivity index (χ4n) is 3.92. The first-order valence-electron chi connectivity index (χ1n) is 9.33. The van der Waals surface area contributed by atoms with Gasteiger partial charge in [-0.1, -0.05) is 36.4 Å². The number of fused-ring (bicyclic) bond motifs is 4. The van der Waals surface area contributed by atoms with Crippen molar-refractivity contribution in [3.63, 3.8) is 0 Å². The molecule has 5 heteroatoms. The van der Waals surface area contributed by atoms with Gasteiger partial charge in [-0.05, 0) is 35.9 Å². The lowest BCUT2D eigenvalue weighted by atomic mass is 9.81. The third kappa shape index (κ3) is 2.51. The Labute approximate surface area is 172 Å². The average Bonchev–Trinajstić information content (AvgIpc) is 2.81. The van der Waals surface area contributed by atoms with Gasteiger partial charge in [0.1, 0.15) is 5.75 Å². The molecule has 0 aliphatic heterocycles. The lowest BCUT2D eigenvalue weighted by Crippen LogP contribution is -2.23. The van der Waals surface area contributed by atoms with Gasteiger partial charge in [0, 0.05) is 22.1 Å². The highest BCUT2D eigenvalue weighted by Gasteiger charge is 2.34. The molecule has 0 unspecified atom stereocenters. The van der Waals surface area contributed by atoms with Crippen LogP contribution in [-0.2, 0) is 0 Å². The first-order chi connectivity index (χ1) is 14.6. The summed E-state index contributed by atoms with van der Waals surface area (Å²) in [4.78, 5) is 30.9. The fourth-order valence-corrected chi connectivity index (χ4v) is 3.92. The quantitative estimate of drug-likeness (QED) is 0.458. The highest BCUT2D eigenvalue weighted by Crippen LogP contribution is 2.42. The van der Waals surface area contributed by atoms with Crippen LogP contribution in [0.1, 0.15) is 26.3 Å². The van der Waals surface area contributed by atoms with Crippen LogP contribution in [0.2, 0.25) is 0 Å². The van der Waals surface area contributed by atoms with E-state index in [1.165, 1.54) is 0 Å². The van der Waals surface area contributed by atoms with Crippen LogP contribution in [0.5, 0.6) is 5.75 Å². The highest BCUT2D eigenvalue weighted by atomic mass is 16.5. The van der Waals surface area contributed by atoms with Gasteiger partial charge in [-0.3, -0.25) is 9.59 Å². The number of carbonyl (C=O) groups is 2. The molecule has 30 heavy (non-hydrogen) atoms. The van der Waals surface area contributed by atoms with E-state index >= 15 is 0 Å². The van der Waals surface area contributed by atoms with Crippen molar-refractivity contribution in [2.24, 2.45) is 0 Å². The number of ether oxygens (including phenoxy) is 1. The minimum atomic E-state index is -0.583. The van der Waals surface area contributed by atoms with Crippen molar-refractivity contribution >= 4 is 22.5 Å². The number of Topliss-reactive ketones (excluding diaryl/α,β-unsaturated/α-hetero) is 2. The second kappa shape index (κ2) is 6.64. The number of nitrogens with zero attached hydrogens (tertiary/aromatic N) is 2. The molecule has 0 spiro atoms. The molecule has 0 saturated heterocycles. The molecule has 0 fully saturated rings. The Balaban J connectivity index is 1.95. The van der Waals surface area contributed by atoms with Gasteiger partial charge in [0.2, 0.25) is 11.6 Å². The second-order valence-corrected chi connectivity index (χ2v) is 6.99. The molecule has 0 amide bonds.